The van der Waals surface area contributed by atoms with Crippen LogP contribution in [0.25, 0.3) is 0 Å². The molecule has 0 aliphatic heterocycles. The van der Waals surface area contributed by atoms with Crippen LogP contribution in [0, 0.1) is 10.1 Å². The smallest absolute Gasteiger partial charge is 0.293 e. The molecular formula is C12H14N2O4. The molecule has 0 bridgehead atoms. The Morgan fingerprint density at radius 2 is 2.22 bits per heavy atom. The summed E-state index contributed by atoms with van der Waals surface area (Å²) >= 11 is 0. The minimum atomic E-state index is -0.546. The maximum atomic E-state index is 11.0. The molecule has 18 heavy (non-hydrogen) atoms. The van der Waals surface area contributed by atoms with Gasteiger partial charge in [-0.25, -0.2) is 0 Å². The first kappa shape index (κ1) is 13.9. The molecule has 0 fully saturated rings. The third-order valence-electron chi connectivity index (χ3n) is 2.39. The summed E-state index contributed by atoms with van der Waals surface area (Å²) in [6, 6.07) is 4.22. The standard InChI is InChI=1S/C12H14N2O4/c1-2-5-13(6-7-15)11-4-3-10(9-16)8-12(11)14(17)18/h2-4,8-9,15H,1,5-7H2. The van der Waals surface area contributed by atoms with Crippen LogP contribution >= 0.6 is 0 Å². The molecule has 96 valence electrons. The van der Waals surface area contributed by atoms with Crippen molar-refractivity contribution in [2.24, 2.45) is 0 Å². The van der Waals surface area contributed by atoms with Crippen LogP contribution in [0.1, 0.15) is 10.4 Å². The second-order valence-electron chi connectivity index (χ2n) is 3.58. The highest BCUT2D eigenvalue weighted by atomic mass is 16.6. The molecule has 0 unspecified atom stereocenters. The second-order valence-corrected chi connectivity index (χ2v) is 3.58. The van der Waals surface area contributed by atoms with E-state index in [1.165, 1.54) is 18.2 Å². The van der Waals surface area contributed by atoms with Gasteiger partial charge in [-0.15, -0.1) is 6.58 Å². The summed E-state index contributed by atoms with van der Waals surface area (Å²) in [6.45, 7) is 4.08. The van der Waals surface area contributed by atoms with Crippen molar-refractivity contribution >= 4 is 17.7 Å². The van der Waals surface area contributed by atoms with E-state index in [0.29, 0.717) is 18.5 Å². The molecule has 0 aliphatic carbocycles. The average Bonchev–Trinajstić information content (AvgIpc) is 2.37. The van der Waals surface area contributed by atoms with Crippen molar-refractivity contribution in [1.29, 1.82) is 0 Å². The molecular weight excluding hydrogens is 236 g/mol. The molecule has 0 radical (unpaired) electrons. The number of aliphatic hydroxyl groups is 1. The van der Waals surface area contributed by atoms with Crippen molar-refractivity contribution in [2.45, 2.75) is 0 Å². The Hall–Kier alpha value is -2.21. The van der Waals surface area contributed by atoms with Crippen molar-refractivity contribution in [3.63, 3.8) is 0 Å². The van der Waals surface area contributed by atoms with Gasteiger partial charge in [-0.05, 0) is 12.1 Å². The quantitative estimate of drug-likeness (QED) is 0.342. The van der Waals surface area contributed by atoms with E-state index in [1.54, 1.807) is 11.0 Å². The number of anilines is 1. The number of carbonyl (C=O) groups excluding carboxylic acids is 1. The first-order valence-corrected chi connectivity index (χ1v) is 5.34. The summed E-state index contributed by atoms with van der Waals surface area (Å²) in [4.78, 5) is 22.7. The highest BCUT2D eigenvalue weighted by Gasteiger charge is 2.19. The van der Waals surface area contributed by atoms with Gasteiger partial charge in [-0.2, -0.15) is 0 Å². The second kappa shape index (κ2) is 6.51. The van der Waals surface area contributed by atoms with Crippen LogP contribution in [0.5, 0.6) is 0 Å². The van der Waals surface area contributed by atoms with Crippen molar-refractivity contribution in [3.05, 3.63) is 46.5 Å². The highest BCUT2D eigenvalue weighted by molar-refractivity contribution is 5.79. The van der Waals surface area contributed by atoms with Crippen LogP contribution in [-0.2, 0) is 0 Å². The number of aliphatic hydroxyl groups excluding tert-OH is 1. The number of benzene rings is 1. The van der Waals surface area contributed by atoms with Gasteiger partial charge in [-0.3, -0.25) is 14.9 Å². The molecule has 1 aromatic carbocycles. The lowest BCUT2D eigenvalue weighted by molar-refractivity contribution is -0.384. The third-order valence-corrected chi connectivity index (χ3v) is 2.39. The van der Waals surface area contributed by atoms with Crippen molar-refractivity contribution in [3.8, 4) is 0 Å². The zero-order valence-corrected chi connectivity index (χ0v) is 9.78. The summed E-state index contributed by atoms with van der Waals surface area (Å²) in [5.74, 6) is 0. The summed E-state index contributed by atoms with van der Waals surface area (Å²) in [6.07, 6.45) is 2.15. The van der Waals surface area contributed by atoms with E-state index < -0.39 is 4.92 Å². The molecule has 0 saturated carbocycles. The van der Waals surface area contributed by atoms with E-state index >= 15 is 0 Å². The SMILES string of the molecule is C=CCN(CCO)c1ccc(C=O)cc1[N+](=O)[O-]. The predicted octanol–water partition coefficient (Wildman–Crippen LogP) is 1.39. The fraction of sp³-hybridized carbons (Fsp3) is 0.250. The molecule has 6 nitrogen and oxygen atoms in total. The summed E-state index contributed by atoms with van der Waals surface area (Å²) in [5.41, 5.74) is 0.447. The minimum absolute atomic E-state index is 0.125. The van der Waals surface area contributed by atoms with E-state index in [9.17, 15) is 14.9 Å². The van der Waals surface area contributed by atoms with Crippen LogP contribution in [-0.4, -0.2) is 36.0 Å². The monoisotopic (exact) mass is 250 g/mol. The average molecular weight is 250 g/mol. The van der Waals surface area contributed by atoms with E-state index in [-0.39, 0.29) is 24.4 Å². The van der Waals surface area contributed by atoms with Crippen molar-refractivity contribution in [1.82, 2.24) is 0 Å². The minimum Gasteiger partial charge on any atom is -0.395 e. The van der Waals surface area contributed by atoms with Crippen LogP contribution in [0.4, 0.5) is 11.4 Å². The van der Waals surface area contributed by atoms with Crippen molar-refractivity contribution < 1.29 is 14.8 Å². The fourth-order valence-corrected chi connectivity index (χ4v) is 1.61. The largest absolute Gasteiger partial charge is 0.395 e. The molecule has 1 rings (SSSR count). The lowest BCUT2D eigenvalue weighted by Gasteiger charge is -2.21. The van der Waals surface area contributed by atoms with E-state index in [2.05, 4.69) is 6.58 Å². The zero-order valence-electron chi connectivity index (χ0n) is 9.78. The summed E-state index contributed by atoms with van der Waals surface area (Å²) in [5, 5.41) is 19.9. The van der Waals surface area contributed by atoms with Gasteiger partial charge < -0.3 is 10.0 Å². The number of hydrogen-bond donors (Lipinski definition) is 1. The van der Waals surface area contributed by atoms with E-state index in [4.69, 9.17) is 5.11 Å². The number of carbonyl (C=O) groups is 1. The Balaban J connectivity index is 3.22. The van der Waals surface area contributed by atoms with Gasteiger partial charge in [0.2, 0.25) is 0 Å². The Morgan fingerprint density at radius 1 is 1.50 bits per heavy atom. The van der Waals surface area contributed by atoms with Crippen LogP contribution in [0.2, 0.25) is 0 Å². The van der Waals surface area contributed by atoms with Crippen molar-refractivity contribution in [2.75, 3.05) is 24.6 Å². The van der Waals surface area contributed by atoms with Gasteiger partial charge in [0.05, 0.1) is 11.5 Å². The maximum Gasteiger partial charge on any atom is 0.293 e. The molecule has 0 aliphatic rings. The van der Waals surface area contributed by atoms with E-state index in [1.807, 2.05) is 0 Å². The van der Waals surface area contributed by atoms with Crippen LogP contribution < -0.4 is 4.90 Å². The number of aldehydes is 1. The van der Waals surface area contributed by atoms with Crippen LogP contribution in [0.15, 0.2) is 30.9 Å². The molecule has 0 amide bonds. The first-order valence-electron chi connectivity index (χ1n) is 5.34. The Labute approximate surface area is 104 Å². The van der Waals surface area contributed by atoms with Gasteiger partial charge >= 0.3 is 0 Å². The molecule has 6 heteroatoms. The lowest BCUT2D eigenvalue weighted by atomic mass is 10.1. The number of rotatable bonds is 7. The number of nitro groups is 1. The Kier molecular flexibility index (Phi) is 5.01. The third kappa shape index (κ3) is 3.14. The summed E-state index contributed by atoms with van der Waals surface area (Å²) < 4.78 is 0. The highest BCUT2D eigenvalue weighted by Crippen LogP contribution is 2.28. The molecule has 1 aromatic rings. The van der Waals surface area contributed by atoms with Gasteiger partial charge in [-0.1, -0.05) is 6.08 Å². The Morgan fingerprint density at radius 3 is 2.72 bits per heavy atom. The topological polar surface area (TPSA) is 83.7 Å². The molecule has 0 heterocycles. The molecule has 0 saturated heterocycles. The first-order chi connectivity index (χ1) is 8.63. The van der Waals surface area contributed by atoms with Gasteiger partial charge in [0.25, 0.3) is 5.69 Å². The molecule has 0 aromatic heterocycles. The van der Waals surface area contributed by atoms with Crippen LogP contribution in [0.3, 0.4) is 0 Å². The Bertz CT molecular complexity index is 459. The van der Waals surface area contributed by atoms with Gasteiger partial charge in [0.15, 0.2) is 0 Å². The maximum absolute atomic E-state index is 11.0. The fourth-order valence-electron chi connectivity index (χ4n) is 1.61. The summed E-state index contributed by atoms with van der Waals surface area (Å²) in [7, 11) is 0. The lowest BCUT2D eigenvalue weighted by Crippen LogP contribution is -2.27. The number of nitrogens with zero attached hydrogens (tertiary/aromatic N) is 2. The number of nitro benzene ring substituents is 1. The molecule has 0 spiro atoms. The predicted molar refractivity (Wildman–Crippen MR) is 68.0 cm³/mol. The molecule has 0 atom stereocenters. The van der Waals surface area contributed by atoms with Gasteiger partial charge in [0.1, 0.15) is 12.0 Å². The number of hydrogen-bond acceptors (Lipinski definition) is 5. The zero-order chi connectivity index (χ0) is 13.5. The normalized spacial score (nSPS) is 9.83. The van der Waals surface area contributed by atoms with E-state index in [0.717, 1.165) is 0 Å². The van der Waals surface area contributed by atoms with Gasteiger partial charge in [0, 0.05) is 24.7 Å². The molecule has 1 N–H and O–H groups in total.